The van der Waals surface area contributed by atoms with E-state index in [-0.39, 0.29) is 5.78 Å². The number of halogens is 2. The summed E-state index contributed by atoms with van der Waals surface area (Å²) in [5, 5.41) is 0. The fraction of sp³-hybridized carbons (Fsp3) is 0.364. The van der Waals surface area contributed by atoms with Crippen LogP contribution in [0.1, 0.15) is 24.5 Å². The van der Waals surface area contributed by atoms with Gasteiger partial charge in [-0.05, 0) is 43.5 Å². The summed E-state index contributed by atoms with van der Waals surface area (Å²) in [5.41, 5.74) is 2.38. The van der Waals surface area contributed by atoms with Gasteiger partial charge >= 0.3 is 0 Å². The SMILES string of the molecule is CC(=O)CCc1cc(Br)c(C)cc1Br. The Kier molecular flexibility index (Phi) is 4.32. The molecule has 0 aromatic heterocycles. The molecule has 0 bridgehead atoms. The van der Waals surface area contributed by atoms with Crippen LogP contribution in [0.4, 0.5) is 0 Å². The van der Waals surface area contributed by atoms with E-state index in [0.717, 1.165) is 15.4 Å². The largest absolute Gasteiger partial charge is 0.300 e. The smallest absolute Gasteiger partial charge is 0.130 e. The van der Waals surface area contributed by atoms with Gasteiger partial charge in [-0.15, -0.1) is 0 Å². The van der Waals surface area contributed by atoms with Crippen molar-refractivity contribution in [3.8, 4) is 0 Å². The van der Waals surface area contributed by atoms with E-state index >= 15 is 0 Å². The minimum atomic E-state index is 0.230. The average Bonchev–Trinajstić information content (AvgIpc) is 2.09. The Labute approximate surface area is 101 Å². The third kappa shape index (κ3) is 3.21. The third-order valence-electron chi connectivity index (χ3n) is 2.07. The Morgan fingerprint density at radius 3 is 2.50 bits per heavy atom. The summed E-state index contributed by atoms with van der Waals surface area (Å²) >= 11 is 6.98. The Morgan fingerprint density at radius 2 is 1.93 bits per heavy atom. The zero-order chi connectivity index (χ0) is 10.7. The summed E-state index contributed by atoms with van der Waals surface area (Å²) < 4.78 is 2.18. The predicted octanol–water partition coefficient (Wildman–Crippen LogP) is 4.04. The van der Waals surface area contributed by atoms with Crippen LogP contribution in [-0.4, -0.2) is 5.78 Å². The van der Waals surface area contributed by atoms with Crippen LogP contribution in [0.3, 0.4) is 0 Å². The molecule has 0 fully saturated rings. The fourth-order valence-electron chi connectivity index (χ4n) is 1.19. The van der Waals surface area contributed by atoms with Crippen molar-refractivity contribution in [1.29, 1.82) is 0 Å². The lowest BCUT2D eigenvalue weighted by molar-refractivity contribution is -0.116. The Hall–Kier alpha value is -0.150. The molecule has 0 N–H and O–H groups in total. The molecule has 1 rings (SSSR count). The minimum Gasteiger partial charge on any atom is -0.300 e. The molecule has 0 aliphatic carbocycles. The first-order valence-electron chi connectivity index (χ1n) is 4.44. The predicted molar refractivity (Wildman–Crippen MR) is 65.6 cm³/mol. The first kappa shape index (κ1) is 11.9. The molecular weight excluding hydrogens is 308 g/mol. The van der Waals surface area contributed by atoms with Gasteiger partial charge in [0.25, 0.3) is 0 Å². The van der Waals surface area contributed by atoms with Crippen molar-refractivity contribution in [3.63, 3.8) is 0 Å². The maximum absolute atomic E-state index is 10.9. The molecule has 0 radical (unpaired) electrons. The highest BCUT2D eigenvalue weighted by Crippen LogP contribution is 2.26. The molecule has 14 heavy (non-hydrogen) atoms. The van der Waals surface area contributed by atoms with Gasteiger partial charge in [-0.2, -0.15) is 0 Å². The van der Waals surface area contributed by atoms with Gasteiger partial charge in [-0.25, -0.2) is 0 Å². The van der Waals surface area contributed by atoms with E-state index in [1.807, 2.05) is 6.92 Å². The molecule has 0 saturated heterocycles. The second kappa shape index (κ2) is 5.08. The number of hydrogen-bond acceptors (Lipinski definition) is 1. The summed E-state index contributed by atoms with van der Waals surface area (Å²) in [7, 11) is 0. The molecule has 3 heteroatoms. The number of aryl methyl sites for hydroxylation is 2. The van der Waals surface area contributed by atoms with E-state index < -0.39 is 0 Å². The number of ketones is 1. The van der Waals surface area contributed by atoms with E-state index in [1.165, 1.54) is 11.1 Å². The molecule has 0 atom stereocenters. The van der Waals surface area contributed by atoms with Crippen LogP contribution in [0.5, 0.6) is 0 Å². The van der Waals surface area contributed by atoms with Crippen LogP contribution in [0.25, 0.3) is 0 Å². The number of rotatable bonds is 3. The van der Waals surface area contributed by atoms with Crippen molar-refractivity contribution in [2.45, 2.75) is 26.7 Å². The first-order chi connectivity index (χ1) is 6.50. The Morgan fingerprint density at radius 1 is 1.29 bits per heavy atom. The van der Waals surface area contributed by atoms with Gasteiger partial charge in [0, 0.05) is 15.4 Å². The lowest BCUT2D eigenvalue weighted by Crippen LogP contribution is -1.95. The molecule has 0 heterocycles. The van der Waals surface area contributed by atoms with Crippen molar-refractivity contribution in [3.05, 3.63) is 32.2 Å². The lowest BCUT2D eigenvalue weighted by atomic mass is 10.1. The third-order valence-corrected chi connectivity index (χ3v) is 3.67. The van der Waals surface area contributed by atoms with Gasteiger partial charge in [0.15, 0.2) is 0 Å². The molecule has 0 unspecified atom stereocenters. The molecule has 0 aliphatic heterocycles. The zero-order valence-corrected chi connectivity index (χ0v) is 11.4. The standard InChI is InChI=1S/C11H12Br2O/c1-7-5-11(13)9(6-10(7)12)4-3-8(2)14/h5-6H,3-4H2,1-2H3. The summed E-state index contributed by atoms with van der Waals surface area (Å²) in [6, 6.07) is 4.14. The normalized spacial score (nSPS) is 10.3. The molecule has 0 amide bonds. The number of hydrogen-bond donors (Lipinski definition) is 0. The number of carbonyl (C=O) groups is 1. The van der Waals surface area contributed by atoms with E-state index in [1.54, 1.807) is 6.92 Å². The van der Waals surface area contributed by atoms with Crippen molar-refractivity contribution < 1.29 is 4.79 Å². The molecular formula is C11H12Br2O. The maximum Gasteiger partial charge on any atom is 0.130 e. The fourth-order valence-corrected chi connectivity index (χ4v) is 2.24. The van der Waals surface area contributed by atoms with Gasteiger partial charge in [0.2, 0.25) is 0 Å². The van der Waals surface area contributed by atoms with Gasteiger partial charge in [-0.3, -0.25) is 0 Å². The number of benzene rings is 1. The van der Waals surface area contributed by atoms with Crippen molar-refractivity contribution >= 4 is 37.6 Å². The zero-order valence-electron chi connectivity index (χ0n) is 8.23. The van der Waals surface area contributed by atoms with Crippen LogP contribution in [0, 0.1) is 6.92 Å². The average molecular weight is 320 g/mol. The van der Waals surface area contributed by atoms with Crippen LogP contribution >= 0.6 is 31.9 Å². The molecule has 1 nitrogen and oxygen atoms in total. The van der Waals surface area contributed by atoms with Crippen molar-refractivity contribution in [2.24, 2.45) is 0 Å². The van der Waals surface area contributed by atoms with Gasteiger partial charge < -0.3 is 4.79 Å². The molecule has 76 valence electrons. The Balaban J connectivity index is 2.87. The van der Waals surface area contributed by atoms with E-state index in [9.17, 15) is 4.79 Å². The topological polar surface area (TPSA) is 17.1 Å². The summed E-state index contributed by atoms with van der Waals surface area (Å²) in [4.78, 5) is 10.9. The van der Waals surface area contributed by atoms with Crippen molar-refractivity contribution in [1.82, 2.24) is 0 Å². The minimum absolute atomic E-state index is 0.230. The van der Waals surface area contributed by atoms with Gasteiger partial charge in [0.1, 0.15) is 5.78 Å². The Bertz CT molecular complexity index is 359. The first-order valence-corrected chi connectivity index (χ1v) is 6.03. The van der Waals surface area contributed by atoms with Gasteiger partial charge in [-0.1, -0.05) is 31.9 Å². The quantitative estimate of drug-likeness (QED) is 0.821. The second-order valence-electron chi connectivity index (χ2n) is 3.39. The van der Waals surface area contributed by atoms with Crippen LogP contribution in [0.2, 0.25) is 0 Å². The van der Waals surface area contributed by atoms with Crippen LogP contribution in [0.15, 0.2) is 21.1 Å². The monoisotopic (exact) mass is 318 g/mol. The molecule has 0 spiro atoms. The molecule has 1 aromatic rings. The molecule has 0 saturated carbocycles. The summed E-state index contributed by atoms with van der Waals surface area (Å²) in [6.07, 6.45) is 1.41. The number of carbonyl (C=O) groups excluding carboxylic acids is 1. The van der Waals surface area contributed by atoms with E-state index in [4.69, 9.17) is 0 Å². The highest BCUT2D eigenvalue weighted by molar-refractivity contribution is 9.11. The second-order valence-corrected chi connectivity index (χ2v) is 5.10. The molecule has 0 aliphatic rings. The van der Waals surface area contributed by atoms with Crippen molar-refractivity contribution in [2.75, 3.05) is 0 Å². The molecule has 1 aromatic carbocycles. The van der Waals surface area contributed by atoms with Gasteiger partial charge in [0.05, 0.1) is 0 Å². The highest BCUT2D eigenvalue weighted by Gasteiger charge is 2.04. The maximum atomic E-state index is 10.9. The lowest BCUT2D eigenvalue weighted by Gasteiger charge is -2.06. The van der Waals surface area contributed by atoms with E-state index in [0.29, 0.717) is 6.42 Å². The van der Waals surface area contributed by atoms with Crippen LogP contribution in [-0.2, 0) is 11.2 Å². The van der Waals surface area contributed by atoms with Crippen LogP contribution < -0.4 is 0 Å². The van der Waals surface area contributed by atoms with E-state index in [2.05, 4.69) is 44.0 Å². The summed E-state index contributed by atoms with van der Waals surface area (Å²) in [5.74, 6) is 0.230. The summed E-state index contributed by atoms with van der Waals surface area (Å²) in [6.45, 7) is 3.67. The number of Topliss-reactive ketones (excluding diaryl/α,β-unsaturated/α-hetero) is 1. The highest BCUT2D eigenvalue weighted by atomic mass is 79.9.